The average Bonchev–Trinajstić information content (AvgIpc) is 2.36. The number of anilines is 1. The van der Waals surface area contributed by atoms with E-state index in [9.17, 15) is 0 Å². The Morgan fingerprint density at radius 1 is 1.39 bits per heavy atom. The van der Waals surface area contributed by atoms with Gasteiger partial charge in [-0.15, -0.1) is 0 Å². The molecule has 0 amide bonds. The Bertz CT molecular complexity index is 336. The molecule has 0 aliphatic heterocycles. The van der Waals surface area contributed by atoms with Crippen molar-refractivity contribution >= 4 is 5.82 Å². The Hall–Kier alpha value is -1.09. The molecule has 0 radical (unpaired) electrons. The minimum Gasteiger partial charge on any atom is -0.359 e. The first-order chi connectivity index (χ1) is 8.65. The zero-order valence-electron chi connectivity index (χ0n) is 12.2. The van der Waals surface area contributed by atoms with Crippen LogP contribution in [0, 0.1) is 5.92 Å². The van der Waals surface area contributed by atoms with Crippen LogP contribution >= 0.6 is 0 Å². The quantitative estimate of drug-likeness (QED) is 0.767. The lowest BCUT2D eigenvalue weighted by molar-refractivity contribution is 0.551. The highest BCUT2D eigenvalue weighted by Gasteiger charge is 2.07. The summed E-state index contributed by atoms with van der Waals surface area (Å²) in [5, 5.41) is 3.49. The summed E-state index contributed by atoms with van der Waals surface area (Å²) in [7, 11) is 2.13. The highest BCUT2D eigenvalue weighted by Crippen LogP contribution is 2.16. The molecule has 0 saturated carbocycles. The molecule has 1 heterocycles. The first kappa shape index (κ1) is 15.0. The van der Waals surface area contributed by atoms with Gasteiger partial charge in [0, 0.05) is 31.9 Å². The number of aromatic nitrogens is 1. The maximum atomic E-state index is 4.52. The van der Waals surface area contributed by atoms with Gasteiger partial charge in [-0.2, -0.15) is 0 Å². The molecule has 18 heavy (non-hydrogen) atoms. The fourth-order valence-corrected chi connectivity index (χ4v) is 1.91. The molecule has 1 N–H and O–H groups in total. The van der Waals surface area contributed by atoms with Crippen LogP contribution in [0.5, 0.6) is 0 Å². The summed E-state index contributed by atoms with van der Waals surface area (Å²) in [6, 6.07) is 4.18. The first-order valence-corrected chi connectivity index (χ1v) is 7.00. The van der Waals surface area contributed by atoms with E-state index in [1.54, 1.807) is 0 Å². The van der Waals surface area contributed by atoms with Crippen molar-refractivity contribution in [2.75, 3.05) is 25.0 Å². The molecule has 1 rings (SSSR count). The lowest BCUT2D eigenvalue weighted by Crippen LogP contribution is -2.24. The second kappa shape index (κ2) is 8.09. The molecule has 0 atom stereocenters. The van der Waals surface area contributed by atoms with Gasteiger partial charge in [0.2, 0.25) is 0 Å². The summed E-state index contributed by atoms with van der Waals surface area (Å²) < 4.78 is 0. The Morgan fingerprint density at radius 3 is 2.83 bits per heavy atom. The number of unbranched alkanes of at least 4 members (excludes halogenated alkanes) is 1. The van der Waals surface area contributed by atoms with E-state index in [1.165, 1.54) is 18.4 Å². The lowest BCUT2D eigenvalue weighted by atomic mass is 10.2. The minimum atomic E-state index is 0.683. The fraction of sp³-hybridized carbons (Fsp3) is 0.667. The van der Waals surface area contributed by atoms with E-state index < -0.39 is 0 Å². The maximum absolute atomic E-state index is 4.52. The predicted molar refractivity (Wildman–Crippen MR) is 79.0 cm³/mol. The van der Waals surface area contributed by atoms with Gasteiger partial charge in [-0.1, -0.05) is 33.3 Å². The predicted octanol–water partition coefficient (Wildman–Crippen LogP) is 3.06. The summed E-state index contributed by atoms with van der Waals surface area (Å²) >= 11 is 0. The van der Waals surface area contributed by atoms with E-state index in [4.69, 9.17) is 0 Å². The number of nitrogens with one attached hydrogen (secondary N) is 1. The molecule has 102 valence electrons. The lowest BCUT2D eigenvalue weighted by Gasteiger charge is -2.21. The van der Waals surface area contributed by atoms with E-state index in [2.05, 4.69) is 49.1 Å². The molecule has 1 aromatic rings. The van der Waals surface area contributed by atoms with Crippen LogP contribution in [0.4, 0.5) is 5.82 Å². The maximum Gasteiger partial charge on any atom is 0.132 e. The summed E-state index contributed by atoms with van der Waals surface area (Å²) in [6.45, 7) is 9.70. The SMILES string of the molecule is CCCCN(C)c1ncccc1CNCC(C)C. The van der Waals surface area contributed by atoms with Crippen molar-refractivity contribution in [1.29, 1.82) is 0 Å². The third-order valence-corrected chi connectivity index (χ3v) is 2.94. The molecule has 0 spiro atoms. The van der Waals surface area contributed by atoms with E-state index in [0.29, 0.717) is 5.92 Å². The van der Waals surface area contributed by atoms with Crippen LogP contribution in [0.2, 0.25) is 0 Å². The molecule has 0 fully saturated rings. The first-order valence-electron chi connectivity index (χ1n) is 7.00. The van der Waals surface area contributed by atoms with Crippen molar-refractivity contribution in [3.8, 4) is 0 Å². The second-order valence-electron chi connectivity index (χ2n) is 5.29. The van der Waals surface area contributed by atoms with E-state index in [-0.39, 0.29) is 0 Å². The smallest absolute Gasteiger partial charge is 0.132 e. The average molecular weight is 249 g/mol. The van der Waals surface area contributed by atoms with Gasteiger partial charge in [-0.3, -0.25) is 0 Å². The molecule has 0 saturated heterocycles. The third kappa shape index (κ3) is 5.05. The number of pyridine rings is 1. The van der Waals surface area contributed by atoms with Crippen molar-refractivity contribution in [3.63, 3.8) is 0 Å². The molecular formula is C15H27N3. The molecule has 0 unspecified atom stereocenters. The summed E-state index contributed by atoms with van der Waals surface area (Å²) in [6.07, 6.45) is 4.31. The van der Waals surface area contributed by atoms with Crippen molar-refractivity contribution in [1.82, 2.24) is 10.3 Å². The van der Waals surface area contributed by atoms with Gasteiger partial charge >= 0.3 is 0 Å². The summed E-state index contributed by atoms with van der Waals surface area (Å²) in [4.78, 5) is 6.78. The van der Waals surface area contributed by atoms with E-state index >= 15 is 0 Å². The van der Waals surface area contributed by atoms with Gasteiger partial charge in [0.15, 0.2) is 0 Å². The van der Waals surface area contributed by atoms with Gasteiger partial charge < -0.3 is 10.2 Å². The van der Waals surface area contributed by atoms with Gasteiger partial charge in [-0.05, 0) is 24.9 Å². The van der Waals surface area contributed by atoms with Crippen molar-refractivity contribution in [2.45, 2.75) is 40.2 Å². The summed E-state index contributed by atoms with van der Waals surface area (Å²) in [5.41, 5.74) is 1.29. The Labute approximate surface area is 112 Å². The van der Waals surface area contributed by atoms with Crippen LogP contribution in [0.15, 0.2) is 18.3 Å². The summed E-state index contributed by atoms with van der Waals surface area (Å²) in [5.74, 6) is 1.80. The Kier molecular flexibility index (Phi) is 6.73. The zero-order chi connectivity index (χ0) is 13.4. The third-order valence-electron chi connectivity index (χ3n) is 2.94. The molecule has 0 bridgehead atoms. The van der Waals surface area contributed by atoms with E-state index in [0.717, 1.165) is 25.5 Å². The van der Waals surface area contributed by atoms with Crippen LogP contribution in [0.3, 0.4) is 0 Å². The highest BCUT2D eigenvalue weighted by molar-refractivity contribution is 5.45. The molecule has 0 aliphatic rings. The van der Waals surface area contributed by atoms with Crippen LogP contribution in [0.1, 0.15) is 39.2 Å². The van der Waals surface area contributed by atoms with Crippen molar-refractivity contribution < 1.29 is 0 Å². The molecule has 0 aromatic carbocycles. The van der Waals surface area contributed by atoms with Crippen molar-refractivity contribution in [3.05, 3.63) is 23.9 Å². The normalized spacial score (nSPS) is 10.9. The molecular weight excluding hydrogens is 222 g/mol. The van der Waals surface area contributed by atoms with Crippen LogP contribution in [-0.4, -0.2) is 25.1 Å². The van der Waals surface area contributed by atoms with Crippen LogP contribution < -0.4 is 10.2 Å². The number of nitrogens with zero attached hydrogens (tertiary/aromatic N) is 2. The second-order valence-corrected chi connectivity index (χ2v) is 5.29. The Balaban J connectivity index is 2.60. The number of rotatable bonds is 8. The van der Waals surface area contributed by atoms with Gasteiger partial charge in [0.05, 0.1) is 0 Å². The van der Waals surface area contributed by atoms with Gasteiger partial charge in [0.25, 0.3) is 0 Å². The van der Waals surface area contributed by atoms with Crippen LogP contribution in [0.25, 0.3) is 0 Å². The fourth-order valence-electron chi connectivity index (χ4n) is 1.91. The highest BCUT2D eigenvalue weighted by atomic mass is 15.2. The van der Waals surface area contributed by atoms with Crippen molar-refractivity contribution in [2.24, 2.45) is 5.92 Å². The molecule has 0 aliphatic carbocycles. The number of hydrogen-bond donors (Lipinski definition) is 1. The molecule has 1 aromatic heterocycles. The zero-order valence-corrected chi connectivity index (χ0v) is 12.2. The topological polar surface area (TPSA) is 28.2 Å². The minimum absolute atomic E-state index is 0.683. The molecule has 3 nitrogen and oxygen atoms in total. The Morgan fingerprint density at radius 2 is 2.17 bits per heavy atom. The largest absolute Gasteiger partial charge is 0.359 e. The van der Waals surface area contributed by atoms with Gasteiger partial charge in [0.1, 0.15) is 5.82 Å². The number of hydrogen-bond acceptors (Lipinski definition) is 3. The monoisotopic (exact) mass is 249 g/mol. The van der Waals surface area contributed by atoms with Gasteiger partial charge in [-0.25, -0.2) is 4.98 Å². The van der Waals surface area contributed by atoms with E-state index in [1.807, 2.05) is 12.3 Å². The standard InChI is InChI=1S/C15H27N3/c1-5-6-10-18(4)15-14(8-7-9-17-15)12-16-11-13(2)3/h7-9,13,16H,5-6,10-12H2,1-4H3. The molecule has 3 heteroatoms. The van der Waals surface area contributed by atoms with Crippen LogP contribution in [-0.2, 0) is 6.54 Å².